The van der Waals surface area contributed by atoms with E-state index in [-0.39, 0.29) is 0 Å². The molecule has 2 aromatic heterocycles. The lowest BCUT2D eigenvalue weighted by Crippen LogP contribution is -2.28. The molecule has 0 atom stereocenters. The number of aromatic nitrogens is 1. The van der Waals surface area contributed by atoms with Gasteiger partial charge < -0.3 is 4.57 Å². The van der Waals surface area contributed by atoms with Gasteiger partial charge in [0.15, 0.2) is 0 Å². The van der Waals surface area contributed by atoms with Gasteiger partial charge in [-0.1, -0.05) is 193 Å². The molecule has 0 spiro atoms. The quantitative estimate of drug-likeness (QED) is 0.157. The number of benzene rings is 10. The summed E-state index contributed by atoms with van der Waals surface area (Å²) in [6.45, 7) is 4.37. The van der Waals surface area contributed by atoms with E-state index in [4.69, 9.17) is 0 Å². The number of hydrogen-bond acceptors (Lipinski definition) is 1. The Labute approximate surface area is 383 Å². The molecule has 12 aromatic rings. The van der Waals surface area contributed by atoms with Crippen LogP contribution in [0.25, 0.3) is 92.2 Å². The molecule has 0 saturated carbocycles. The first-order valence-corrected chi connectivity index (χ1v) is 23.4. The third-order valence-corrected chi connectivity index (χ3v) is 15.2. The van der Waals surface area contributed by atoms with Gasteiger partial charge in [0.05, 0.1) is 16.4 Å². The summed E-state index contributed by atoms with van der Waals surface area (Å²) in [6.07, 6.45) is 0. The van der Waals surface area contributed by atoms with Crippen molar-refractivity contribution in [3.63, 3.8) is 0 Å². The van der Waals surface area contributed by atoms with Gasteiger partial charge in [-0.3, -0.25) is 0 Å². The molecule has 2 heteroatoms. The number of rotatable bonds is 6. The van der Waals surface area contributed by atoms with Gasteiger partial charge in [-0.15, -0.1) is 11.3 Å². The maximum absolute atomic E-state index is 2.40. The Hall–Kier alpha value is -7.78. The third-order valence-electron chi connectivity index (χ3n) is 14.1. The number of fused-ring (bicyclic) bond motifs is 9. The van der Waals surface area contributed by atoms with Crippen LogP contribution in [-0.4, -0.2) is 4.57 Å². The molecular formula is C63H43NS. The van der Waals surface area contributed by atoms with Crippen LogP contribution in [0, 0.1) is 13.8 Å². The van der Waals surface area contributed by atoms with Gasteiger partial charge in [-0.25, -0.2) is 0 Å². The lowest BCUT2D eigenvalue weighted by Gasteiger charge is -2.34. The fourth-order valence-electron chi connectivity index (χ4n) is 11.0. The summed E-state index contributed by atoms with van der Waals surface area (Å²) in [7, 11) is 0. The molecule has 0 amide bonds. The molecule has 13 rings (SSSR count). The molecule has 0 aliphatic heterocycles. The topological polar surface area (TPSA) is 4.93 Å². The Kier molecular flexibility index (Phi) is 8.50. The van der Waals surface area contributed by atoms with Gasteiger partial charge in [0.1, 0.15) is 0 Å². The largest absolute Gasteiger partial charge is 0.309 e. The van der Waals surface area contributed by atoms with Crippen LogP contribution in [0.5, 0.6) is 0 Å². The summed E-state index contributed by atoms with van der Waals surface area (Å²) in [6, 6.07) is 84.3. The summed E-state index contributed by atoms with van der Waals surface area (Å²) < 4.78 is 5.06. The van der Waals surface area contributed by atoms with E-state index in [2.05, 4.69) is 243 Å². The highest BCUT2D eigenvalue weighted by atomic mass is 32.1. The minimum Gasteiger partial charge on any atom is -0.309 e. The third kappa shape index (κ3) is 5.70. The summed E-state index contributed by atoms with van der Waals surface area (Å²) in [5, 5.41) is 5.19. The highest BCUT2D eigenvalue weighted by molar-refractivity contribution is 7.25. The van der Waals surface area contributed by atoms with Gasteiger partial charge in [0, 0.05) is 36.6 Å². The van der Waals surface area contributed by atoms with Crippen molar-refractivity contribution >= 4 is 53.3 Å². The zero-order chi connectivity index (χ0) is 43.2. The minimum atomic E-state index is -0.542. The van der Waals surface area contributed by atoms with Crippen molar-refractivity contribution in [2.24, 2.45) is 0 Å². The molecule has 0 N–H and O–H groups in total. The SMILES string of the molecule is Cc1ccc(C2(c3ccc(C)cc3)c3cccc(-c4ccc(-c5ccc6sc7ccccc7c6c5)cc4)c3-c3c(-c4ccc(-n5c6ccccc6c6ccccc65)cc4)cccc32)cc1. The van der Waals surface area contributed by atoms with Crippen molar-refractivity contribution in [1.29, 1.82) is 0 Å². The summed E-state index contributed by atoms with van der Waals surface area (Å²) in [5.41, 5.74) is 20.6. The second-order valence-corrected chi connectivity index (χ2v) is 18.8. The van der Waals surface area contributed by atoms with Crippen molar-refractivity contribution < 1.29 is 0 Å². The molecule has 10 aromatic carbocycles. The standard InChI is InChI=1S/C63H43NS/c1-40-21-32-46(33-22-40)63(47-34-23-41(2)24-35-47)55-16-9-14-49(43-27-25-42(26-28-43)45-31-38-60-54(39-45)53-13-5-8-20-59(53)65-60)61(55)62-50(15-10-17-56(62)63)44-29-36-48(37-30-44)64-57-18-6-3-11-51(57)52-12-4-7-19-58(52)64/h3-39H,1-2H3. The zero-order valence-electron chi connectivity index (χ0n) is 36.2. The van der Waals surface area contributed by atoms with Crippen LogP contribution in [0.15, 0.2) is 224 Å². The molecule has 0 unspecified atom stereocenters. The Morgan fingerprint density at radius 1 is 0.354 bits per heavy atom. The van der Waals surface area contributed by atoms with Gasteiger partial charge in [-0.2, -0.15) is 0 Å². The predicted molar refractivity (Wildman–Crippen MR) is 277 cm³/mol. The minimum absolute atomic E-state index is 0.542. The van der Waals surface area contributed by atoms with Crippen LogP contribution < -0.4 is 0 Å². The monoisotopic (exact) mass is 845 g/mol. The van der Waals surface area contributed by atoms with Gasteiger partial charge in [0.2, 0.25) is 0 Å². The maximum atomic E-state index is 2.40. The van der Waals surface area contributed by atoms with E-state index in [1.807, 2.05) is 11.3 Å². The van der Waals surface area contributed by atoms with Crippen LogP contribution >= 0.6 is 11.3 Å². The molecule has 65 heavy (non-hydrogen) atoms. The molecule has 0 radical (unpaired) electrons. The molecule has 1 nitrogen and oxygen atoms in total. The average molecular weight is 846 g/mol. The first-order valence-electron chi connectivity index (χ1n) is 22.6. The smallest absolute Gasteiger partial charge is 0.0714 e. The van der Waals surface area contributed by atoms with Crippen molar-refractivity contribution in [2.45, 2.75) is 19.3 Å². The first kappa shape index (κ1) is 37.7. The Morgan fingerprint density at radius 3 is 1.38 bits per heavy atom. The molecule has 2 heterocycles. The average Bonchev–Trinajstić information content (AvgIpc) is 4.01. The van der Waals surface area contributed by atoms with Crippen LogP contribution in [0.2, 0.25) is 0 Å². The maximum Gasteiger partial charge on any atom is 0.0714 e. The molecule has 306 valence electrons. The van der Waals surface area contributed by atoms with Crippen molar-refractivity contribution in [1.82, 2.24) is 4.57 Å². The first-order chi connectivity index (χ1) is 32.0. The van der Waals surface area contributed by atoms with Crippen molar-refractivity contribution in [3.05, 3.63) is 258 Å². The lowest BCUT2D eigenvalue weighted by molar-refractivity contribution is 0.768. The second kappa shape index (κ2) is 14.6. The summed E-state index contributed by atoms with van der Waals surface area (Å²) >= 11 is 1.87. The molecule has 0 bridgehead atoms. The summed E-state index contributed by atoms with van der Waals surface area (Å²) in [5.74, 6) is 0. The van der Waals surface area contributed by atoms with E-state index in [1.165, 1.54) is 120 Å². The second-order valence-electron chi connectivity index (χ2n) is 17.7. The van der Waals surface area contributed by atoms with E-state index in [9.17, 15) is 0 Å². The fraction of sp³-hybridized carbons (Fsp3) is 0.0476. The molecular weight excluding hydrogens is 803 g/mol. The molecule has 0 fully saturated rings. The van der Waals surface area contributed by atoms with Crippen LogP contribution in [-0.2, 0) is 5.41 Å². The van der Waals surface area contributed by atoms with E-state index in [0.717, 1.165) is 5.69 Å². The van der Waals surface area contributed by atoms with E-state index in [1.54, 1.807) is 0 Å². The number of thiophene rings is 1. The molecule has 1 aliphatic rings. The van der Waals surface area contributed by atoms with Crippen molar-refractivity contribution in [2.75, 3.05) is 0 Å². The Balaban J connectivity index is 1.02. The number of para-hydroxylation sites is 2. The zero-order valence-corrected chi connectivity index (χ0v) is 37.0. The van der Waals surface area contributed by atoms with Crippen LogP contribution in [0.4, 0.5) is 0 Å². The van der Waals surface area contributed by atoms with E-state index in [0.29, 0.717) is 0 Å². The van der Waals surface area contributed by atoms with Gasteiger partial charge >= 0.3 is 0 Å². The Bertz CT molecular complexity index is 3710. The molecule has 0 saturated heterocycles. The van der Waals surface area contributed by atoms with Crippen LogP contribution in [0.1, 0.15) is 33.4 Å². The van der Waals surface area contributed by atoms with Crippen molar-refractivity contribution in [3.8, 4) is 50.2 Å². The fourth-order valence-corrected chi connectivity index (χ4v) is 12.1. The number of hydrogen-bond donors (Lipinski definition) is 0. The number of nitrogens with zero attached hydrogens (tertiary/aromatic N) is 1. The van der Waals surface area contributed by atoms with E-state index < -0.39 is 5.41 Å². The highest BCUT2D eigenvalue weighted by Crippen LogP contribution is 2.60. The van der Waals surface area contributed by atoms with Gasteiger partial charge in [0.25, 0.3) is 0 Å². The molecule has 1 aliphatic carbocycles. The predicted octanol–water partition coefficient (Wildman–Crippen LogP) is 17.1. The van der Waals surface area contributed by atoms with Crippen LogP contribution in [0.3, 0.4) is 0 Å². The lowest BCUT2D eigenvalue weighted by atomic mass is 9.67. The normalized spacial score (nSPS) is 12.9. The summed E-state index contributed by atoms with van der Waals surface area (Å²) in [4.78, 5) is 0. The number of aryl methyl sites for hydroxylation is 2. The van der Waals surface area contributed by atoms with Gasteiger partial charge in [-0.05, 0) is 123 Å². The van der Waals surface area contributed by atoms with E-state index >= 15 is 0 Å². The highest BCUT2D eigenvalue weighted by Gasteiger charge is 2.47. The Morgan fingerprint density at radius 2 is 0.815 bits per heavy atom.